The molecule has 0 aliphatic heterocycles. The lowest BCUT2D eigenvalue weighted by Gasteiger charge is -2.15. The summed E-state index contributed by atoms with van der Waals surface area (Å²) < 4.78 is 0. The molecule has 0 fully saturated rings. The lowest BCUT2D eigenvalue weighted by molar-refractivity contribution is 1.33. The molecule has 1 heteroatoms. The minimum Gasteiger partial charge on any atom is -0.265 e. The molecule has 48 heavy (non-hydrogen) atoms. The van der Waals surface area contributed by atoms with Crippen LogP contribution in [0.1, 0.15) is 0 Å². The Morgan fingerprint density at radius 1 is 0.229 bits per heavy atom. The van der Waals surface area contributed by atoms with Crippen LogP contribution in [0.3, 0.4) is 0 Å². The van der Waals surface area contributed by atoms with Crippen molar-refractivity contribution in [1.82, 2.24) is 4.98 Å². The Hall–Kier alpha value is -6.31. The maximum absolute atomic E-state index is 4.25. The van der Waals surface area contributed by atoms with E-state index in [9.17, 15) is 0 Å². The molecule has 0 saturated heterocycles. The van der Waals surface area contributed by atoms with Crippen LogP contribution in [-0.2, 0) is 0 Å². The highest BCUT2D eigenvalue weighted by Gasteiger charge is 2.13. The van der Waals surface area contributed by atoms with E-state index in [1.807, 2.05) is 12.4 Å². The predicted octanol–water partition coefficient (Wildman–Crippen LogP) is 12.9. The van der Waals surface area contributed by atoms with Gasteiger partial charge in [0.15, 0.2) is 0 Å². The van der Waals surface area contributed by atoms with E-state index in [1.165, 1.54) is 82.4 Å². The van der Waals surface area contributed by atoms with Gasteiger partial charge in [0.2, 0.25) is 0 Å². The van der Waals surface area contributed by atoms with E-state index in [0.29, 0.717) is 0 Å². The van der Waals surface area contributed by atoms with Crippen molar-refractivity contribution in [1.29, 1.82) is 0 Å². The fraction of sp³-hybridized carbons (Fsp3) is 0. The van der Waals surface area contributed by atoms with Gasteiger partial charge in [-0.15, -0.1) is 0 Å². The average Bonchev–Trinajstić information content (AvgIpc) is 3.18. The molecule has 9 rings (SSSR count). The lowest BCUT2D eigenvalue weighted by atomic mass is 9.89. The van der Waals surface area contributed by atoms with Gasteiger partial charge in [-0.05, 0) is 124 Å². The van der Waals surface area contributed by atoms with Gasteiger partial charge in [-0.25, -0.2) is 0 Å². The smallest absolute Gasteiger partial charge is 0.0273 e. The van der Waals surface area contributed by atoms with Gasteiger partial charge in [0.05, 0.1) is 0 Å². The van der Waals surface area contributed by atoms with Crippen LogP contribution in [0.4, 0.5) is 0 Å². The monoisotopic (exact) mass is 609 g/mol. The molecule has 1 nitrogen and oxygen atoms in total. The molecule has 0 aliphatic carbocycles. The molecule has 9 aromatic rings. The highest BCUT2D eigenvalue weighted by Crippen LogP contribution is 2.40. The normalized spacial score (nSPS) is 11.3. The number of hydrogen-bond donors (Lipinski definition) is 0. The molecule has 0 bridgehead atoms. The van der Waals surface area contributed by atoms with Gasteiger partial charge in [0.25, 0.3) is 0 Å². The highest BCUT2D eigenvalue weighted by molar-refractivity contribution is 6.25. The second-order valence-electron chi connectivity index (χ2n) is 12.4. The quantitative estimate of drug-likeness (QED) is 0.177. The maximum atomic E-state index is 4.25. The van der Waals surface area contributed by atoms with Crippen LogP contribution in [0.25, 0.3) is 88.0 Å². The largest absolute Gasteiger partial charge is 0.265 e. The third-order valence-corrected chi connectivity index (χ3v) is 9.57. The number of aromatic nitrogens is 1. The first-order valence-electron chi connectivity index (χ1n) is 16.4. The van der Waals surface area contributed by atoms with E-state index in [2.05, 4.69) is 181 Å². The molecule has 0 aliphatic rings. The fourth-order valence-corrected chi connectivity index (χ4v) is 7.21. The van der Waals surface area contributed by atoms with Crippen LogP contribution < -0.4 is 0 Å². The Bertz CT molecular complexity index is 2490. The summed E-state index contributed by atoms with van der Waals surface area (Å²) in [6, 6.07) is 63.9. The summed E-state index contributed by atoms with van der Waals surface area (Å²) in [5, 5.41) is 7.78. The standard InChI is InChI=1S/C47H31N/c1-2-10-32(11-3-1)37-28-38(34-24-26-48-27-25-34)30-39(29-37)41-13-5-4-12-40(41)35-20-18-33(19-21-35)36-22-23-46-44-16-7-6-14-42(44)43-15-8-9-17-45(43)47(46)31-36/h1-31H. The molecule has 0 spiro atoms. The number of benzene rings is 8. The molecule has 0 N–H and O–H groups in total. The molecule has 8 aromatic carbocycles. The molecule has 0 saturated carbocycles. The number of hydrogen-bond acceptors (Lipinski definition) is 1. The molecule has 0 unspecified atom stereocenters. The summed E-state index contributed by atoms with van der Waals surface area (Å²) in [7, 11) is 0. The summed E-state index contributed by atoms with van der Waals surface area (Å²) in [6.07, 6.45) is 3.72. The average molecular weight is 610 g/mol. The molecular formula is C47H31N. The Labute approximate surface area is 280 Å². The van der Waals surface area contributed by atoms with Gasteiger partial charge in [-0.1, -0.05) is 140 Å². The van der Waals surface area contributed by atoms with Crippen molar-refractivity contribution in [2.75, 3.05) is 0 Å². The molecule has 0 radical (unpaired) electrons. The molecule has 224 valence electrons. The summed E-state index contributed by atoms with van der Waals surface area (Å²) in [5.74, 6) is 0. The number of fused-ring (bicyclic) bond motifs is 6. The topological polar surface area (TPSA) is 12.9 Å². The van der Waals surface area contributed by atoms with Crippen LogP contribution in [0.15, 0.2) is 188 Å². The minimum atomic E-state index is 1.15. The summed E-state index contributed by atoms with van der Waals surface area (Å²) in [4.78, 5) is 4.25. The highest BCUT2D eigenvalue weighted by atomic mass is 14.6. The van der Waals surface area contributed by atoms with Gasteiger partial charge in [0, 0.05) is 12.4 Å². The Morgan fingerprint density at radius 2 is 0.646 bits per heavy atom. The van der Waals surface area contributed by atoms with Crippen LogP contribution in [0, 0.1) is 0 Å². The van der Waals surface area contributed by atoms with Gasteiger partial charge in [-0.2, -0.15) is 0 Å². The van der Waals surface area contributed by atoms with Crippen molar-refractivity contribution in [2.24, 2.45) is 0 Å². The van der Waals surface area contributed by atoms with Crippen molar-refractivity contribution in [3.8, 4) is 55.6 Å². The van der Waals surface area contributed by atoms with E-state index in [1.54, 1.807) is 0 Å². The summed E-state index contributed by atoms with van der Waals surface area (Å²) >= 11 is 0. The van der Waals surface area contributed by atoms with Crippen LogP contribution in [0.2, 0.25) is 0 Å². The molecular weight excluding hydrogens is 579 g/mol. The Kier molecular flexibility index (Phi) is 6.87. The third kappa shape index (κ3) is 4.94. The van der Waals surface area contributed by atoms with E-state index >= 15 is 0 Å². The Balaban J connectivity index is 1.14. The number of nitrogens with zero attached hydrogens (tertiary/aromatic N) is 1. The van der Waals surface area contributed by atoms with Crippen molar-refractivity contribution in [2.45, 2.75) is 0 Å². The molecule has 0 amide bonds. The van der Waals surface area contributed by atoms with Gasteiger partial charge < -0.3 is 0 Å². The predicted molar refractivity (Wildman–Crippen MR) is 204 cm³/mol. The van der Waals surface area contributed by atoms with Crippen LogP contribution in [0.5, 0.6) is 0 Å². The second-order valence-corrected chi connectivity index (χ2v) is 12.4. The summed E-state index contributed by atoms with van der Waals surface area (Å²) in [5.41, 5.74) is 12.0. The first-order chi connectivity index (χ1) is 23.8. The van der Waals surface area contributed by atoms with Gasteiger partial charge >= 0.3 is 0 Å². The zero-order valence-corrected chi connectivity index (χ0v) is 26.3. The van der Waals surface area contributed by atoms with Crippen molar-refractivity contribution >= 4 is 32.3 Å². The van der Waals surface area contributed by atoms with Gasteiger partial charge in [-0.3, -0.25) is 4.98 Å². The maximum Gasteiger partial charge on any atom is 0.0273 e. The van der Waals surface area contributed by atoms with Gasteiger partial charge in [0.1, 0.15) is 0 Å². The first-order valence-corrected chi connectivity index (χ1v) is 16.4. The number of rotatable bonds is 5. The first kappa shape index (κ1) is 28.0. The molecule has 1 heterocycles. The van der Waals surface area contributed by atoms with E-state index in [4.69, 9.17) is 0 Å². The van der Waals surface area contributed by atoms with Crippen molar-refractivity contribution in [3.05, 3.63) is 188 Å². The number of pyridine rings is 1. The van der Waals surface area contributed by atoms with E-state index < -0.39 is 0 Å². The second kappa shape index (κ2) is 11.8. The lowest BCUT2D eigenvalue weighted by Crippen LogP contribution is -1.89. The van der Waals surface area contributed by atoms with Crippen molar-refractivity contribution < 1.29 is 0 Å². The van der Waals surface area contributed by atoms with Crippen molar-refractivity contribution in [3.63, 3.8) is 0 Å². The van der Waals surface area contributed by atoms with Crippen LogP contribution >= 0.6 is 0 Å². The molecule has 1 aromatic heterocycles. The molecule has 0 atom stereocenters. The van der Waals surface area contributed by atoms with E-state index in [-0.39, 0.29) is 0 Å². The van der Waals surface area contributed by atoms with Crippen LogP contribution in [-0.4, -0.2) is 4.98 Å². The van der Waals surface area contributed by atoms with E-state index in [0.717, 1.165) is 5.56 Å². The Morgan fingerprint density at radius 3 is 1.27 bits per heavy atom. The zero-order valence-electron chi connectivity index (χ0n) is 26.3. The third-order valence-electron chi connectivity index (χ3n) is 9.57. The minimum absolute atomic E-state index is 1.15. The summed E-state index contributed by atoms with van der Waals surface area (Å²) in [6.45, 7) is 0. The zero-order chi connectivity index (χ0) is 31.9. The SMILES string of the molecule is c1ccc(-c2cc(-c3ccncc3)cc(-c3ccccc3-c3ccc(-c4ccc5c6ccccc6c6ccccc6c5c4)cc3)c2)cc1. The fourth-order valence-electron chi connectivity index (χ4n) is 7.21.